The van der Waals surface area contributed by atoms with E-state index in [1.807, 2.05) is 13.0 Å². The highest BCUT2D eigenvalue weighted by atomic mass is 16.2. The minimum Gasteiger partial charge on any atom is -0.351 e. The van der Waals surface area contributed by atoms with Gasteiger partial charge in [0.2, 0.25) is 0 Å². The molecule has 4 heteroatoms. The van der Waals surface area contributed by atoms with Gasteiger partial charge in [-0.05, 0) is 24.6 Å². The van der Waals surface area contributed by atoms with Crippen molar-refractivity contribution in [2.75, 3.05) is 5.32 Å². The van der Waals surface area contributed by atoms with E-state index in [1.54, 1.807) is 18.2 Å². The largest absolute Gasteiger partial charge is 0.351 e. The average molecular weight is 175 g/mol. The molecule has 0 aromatic heterocycles. The van der Waals surface area contributed by atoms with Crippen LogP contribution in [0.4, 0.5) is 10.5 Å². The zero-order valence-corrected chi connectivity index (χ0v) is 7.16. The predicted molar refractivity (Wildman–Crippen MR) is 49.1 cm³/mol. The molecule has 2 amide bonds. The van der Waals surface area contributed by atoms with E-state index in [-0.39, 0.29) is 0 Å². The van der Waals surface area contributed by atoms with Crippen LogP contribution >= 0.6 is 0 Å². The van der Waals surface area contributed by atoms with E-state index in [4.69, 9.17) is 11.0 Å². The Kier molecular flexibility index (Phi) is 2.50. The standard InChI is InChI=1S/C9H9N3O/c1-6-2-3-7(5-10)4-8(6)12-9(11)13/h2-4H,1H3,(H3,11,12,13). The average Bonchev–Trinajstić information content (AvgIpc) is 2.08. The fourth-order valence-corrected chi connectivity index (χ4v) is 0.959. The number of hydrogen-bond acceptors (Lipinski definition) is 2. The maximum atomic E-state index is 10.5. The van der Waals surface area contributed by atoms with Crippen molar-refractivity contribution in [3.8, 4) is 6.07 Å². The number of nitrogens with one attached hydrogen (secondary N) is 1. The van der Waals surface area contributed by atoms with Crippen LogP contribution in [0.5, 0.6) is 0 Å². The number of carbonyl (C=O) groups is 1. The zero-order valence-electron chi connectivity index (χ0n) is 7.16. The molecule has 0 saturated carbocycles. The van der Waals surface area contributed by atoms with Crippen molar-refractivity contribution >= 4 is 11.7 Å². The third-order valence-electron chi connectivity index (χ3n) is 1.62. The Morgan fingerprint density at radius 3 is 2.85 bits per heavy atom. The van der Waals surface area contributed by atoms with Crippen molar-refractivity contribution in [1.82, 2.24) is 0 Å². The lowest BCUT2D eigenvalue weighted by Gasteiger charge is -2.05. The van der Waals surface area contributed by atoms with E-state index in [0.29, 0.717) is 11.3 Å². The first-order valence-corrected chi connectivity index (χ1v) is 3.70. The van der Waals surface area contributed by atoms with Gasteiger partial charge in [0, 0.05) is 5.69 Å². The van der Waals surface area contributed by atoms with Gasteiger partial charge >= 0.3 is 6.03 Å². The lowest BCUT2D eigenvalue weighted by Crippen LogP contribution is -2.19. The van der Waals surface area contributed by atoms with Crippen LogP contribution in [0.15, 0.2) is 18.2 Å². The summed E-state index contributed by atoms with van der Waals surface area (Å²) >= 11 is 0. The Hall–Kier alpha value is -2.02. The number of carbonyl (C=O) groups excluding carboxylic acids is 1. The molecule has 1 rings (SSSR count). The number of amides is 2. The molecule has 4 nitrogen and oxygen atoms in total. The maximum absolute atomic E-state index is 10.5. The summed E-state index contributed by atoms with van der Waals surface area (Å²) in [5.74, 6) is 0. The summed E-state index contributed by atoms with van der Waals surface area (Å²) in [5, 5.41) is 11.0. The minimum atomic E-state index is -0.627. The predicted octanol–water partition coefficient (Wildman–Crippen LogP) is 1.36. The Morgan fingerprint density at radius 2 is 2.31 bits per heavy atom. The molecule has 1 aromatic carbocycles. The van der Waals surface area contributed by atoms with Crippen LogP contribution < -0.4 is 11.1 Å². The second kappa shape index (κ2) is 3.59. The summed E-state index contributed by atoms with van der Waals surface area (Å²) in [6, 6.07) is 6.37. The second-order valence-electron chi connectivity index (χ2n) is 2.63. The lowest BCUT2D eigenvalue weighted by molar-refractivity contribution is 0.259. The van der Waals surface area contributed by atoms with E-state index >= 15 is 0 Å². The summed E-state index contributed by atoms with van der Waals surface area (Å²) in [6.07, 6.45) is 0. The SMILES string of the molecule is Cc1ccc(C#N)cc1NC(N)=O. The van der Waals surface area contributed by atoms with E-state index in [2.05, 4.69) is 5.32 Å². The number of nitriles is 1. The summed E-state index contributed by atoms with van der Waals surface area (Å²) in [5.41, 5.74) is 6.90. The molecule has 0 radical (unpaired) electrons. The van der Waals surface area contributed by atoms with Gasteiger partial charge in [0.25, 0.3) is 0 Å². The van der Waals surface area contributed by atoms with Gasteiger partial charge in [0.1, 0.15) is 0 Å². The first-order chi connectivity index (χ1) is 6.13. The van der Waals surface area contributed by atoms with Gasteiger partial charge in [-0.2, -0.15) is 5.26 Å². The molecular formula is C9H9N3O. The monoisotopic (exact) mass is 175 g/mol. The molecule has 0 atom stereocenters. The highest BCUT2D eigenvalue weighted by molar-refractivity contribution is 5.88. The van der Waals surface area contributed by atoms with Crippen molar-refractivity contribution in [3.05, 3.63) is 29.3 Å². The molecule has 0 bridgehead atoms. The number of anilines is 1. The number of nitrogens with two attached hydrogens (primary N) is 1. The van der Waals surface area contributed by atoms with Crippen LogP contribution in [0.1, 0.15) is 11.1 Å². The fraction of sp³-hybridized carbons (Fsp3) is 0.111. The Bertz CT molecular complexity index is 379. The third-order valence-corrected chi connectivity index (χ3v) is 1.62. The number of rotatable bonds is 1. The minimum absolute atomic E-state index is 0.495. The smallest absolute Gasteiger partial charge is 0.316 e. The third kappa shape index (κ3) is 2.20. The molecule has 3 N–H and O–H groups in total. The molecule has 0 aliphatic rings. The van der Waals surface area contributed by atoms with Crippen LogP contribution in [0.2, 0.25) is 0 Å². The lowest BCUT2D eigenvalue weighted by atomic mass is 10.1. The fourth-order valence-electron chi connectivity index (χ4n) is 0.959. The first kappa shape index (κ1) is 9.07. The molecule has 66 valence electrons. The van der Waals surface area contributed by atoms with Gasteiger partial charge in [-0.1, -0.05) is 6.07 Å². The molecule has 0 spiro atoms. The van der Waals surface area contributed by atoms with Crippen LogP contribution in [0, 0.1) is 18.3 Å². The van der Waals surface area contributed by atoms with Crippen LogP contribution in [-0.4, -0.2) is 6.03 Å². The molecule has 0 aliphatic heterocycles. The Labute approximate surface area is 76.0 Å². The van der Waals surface area contributed by atoms with Crippen molar-refractivity contribution in [1.29, 1.82) is 5.26 Å². The summed E-state index contributed by atoms with van der Waals surface area (Å²) in [4.78, 5) is 10.5. The molecule has 0 saturated heterocycles. The van der Waals surface area contributed by atoms with Gasteiger partial charge in [-0.15, -0.1) is 0 Å². The highest BCUT2D eigenvalue weighted by Gasteiger charge is 2.01. The molecule has 1 aromatic rings. The second-order valence-corrected chi connectivity index (χ2v) is 2.63. The normalized spacial score (nSPS) is 8.92. The Morgan fingerprint density at radius 1 is 1.62 bits per heavy atom. The van der Waals surface area contributed by atoms with E-state index in [1.165, 1.54) is 0 Å². The summed E-state index contributed by atoms with van der Waals surface area (Å²) < 4.78 is 0. The van der Waals surface area contributed by atoms with Crippen LogP contribution in [0.25, 0.3) is 0 Å². The first-order valence-electron chi connectivity index (χ1n) is 3.70. The van der Waals surface area contributed by atoms with E-state index < -0.39 is 6.03 Å². The van der Waals surface area contributed by atoms with Gasteiger partial charge in [-0.3, -0.25) is 0 Å². The van der Waals surface area contributed by atoms with Gasteiger partial charge in [0.05, 0.1) is 11.6 Å². The van der Waals surface area contributed by atoms with Gasteiger partial charge in [-0.25, -0.2) is 4.79 Å². The zero-order chi connectivity index (χ0) is 9.84. The number of aryl methyl sites for hydroxylation is 1. The van der Waals surface area contributed by atoms with Crippen molar-refractivity contribution in [3.63, 3.8) is 0 Å². The van der Waals surface area contributed by atoms with Gasteiger partial charge in [0.15, 0.2) is 0 Å². The topological polar surface area (TPSA) is 78.9 Å². The number of urea groups is 1. The quantitative estimate of drug-likeness (QED) is 0.675. The number of benzene rings is 1. The molecule has 0 aliphatic carbocycles. The number of hydrogen-bond donors (Lipinski definition) is 2. The maximum Gasteiger partial charge on any atom is 0.316 e. The van der Waals surface area contributed by atoms with Crippen molar-refractivity contribution in [2.45, 2.75) is 6.92 Å². The summed E-state index contributed by atoms with van der Waals surface area (Å²) in [6.45, 7) is 1.83. The van der Waals surface area contributed by atoms with Crippen molar-refractivity contribution in [2.24, 2.45) is 5.73 Å². The van der Waals surface area contributed by atoms with E-state index in [9.17, 15) is 4.79 Å². The molecule has 0 unspecified atom stereocenters. The number of primary amides is 1. The Balaban J connectivity index is 3.05. The number of nitrogens with zero attached hydrogens (tertiary/aromatic N) is 1. The highest BCUT2D eigenvalue weighted by Crippen LogP contribution is 2.15. The van der Waals surface area contributed by atoms with Crippen molar-refractivity contribution < 1.29 is 4.79 Å². The molecular weight excluding hydrogens is 166 g/mol. The molecule has 13 heavy (non-hydrogen) atoms. The van der Waals surface area contributed by atoms with Crippen LogP contribution in [-0.2, 0) is 0 Å². The summed E-state index contributed by atoms with van der Waals surface area (Å²) in [7, 11) is 0. The van der Waals surface area contributed by atoms with Crippen LogP contribution in [0.3, 0.4) is 0 Å². The molecule has 0 heterocycles. The molecule has 0 fully saturated rings. The van der Waals surface area contributed by atoms with Gasteiger partial charge < -0.3 is 11.1 Å². The van der Waals surface area contributed by atoms with E-state index in [0.717, 1.165) is 5.56 Å².